The van der Waals surface area contributed by atoms with Gasteiger partial charge in [0.25, 0.3) is 0 Å². The van der Waals surface area contributed by atoms with Gasteiger partial charge in [0, 0.05) is 19.0 Å². The highest BCUT2D eigenvalue weighted by Gasteiger charge is 2.35. The summed E-state index contributed by atoms with van der Waals surface area (Å²) in [5, 5.41) is 15.4. The minimum absolute atomic E-state index is 0.0589. The first-order chi connectivity index (χ1) is 9.37. The Morgan fingerprint density at radius 3 is 2.80 bits per heavy atom. The average Bonchev–Trinajstić information content (AvgIpc) is 2.78. The monoisotopic (exact) mass is 302 g/mol. The van der Waals surface area contributed by atoms with E-state index in [1.54, 1.807) is 13.8 Å². The Morgan fingerprint density at radius 2 is 2.25 bits per heavy atom. The second-order valence-corrected chi connectivity index (χ2v) is 6.76. The minimum atomic E-state index is -3.67. The number of rotatable bonds is 3. The summed E-state index contributed by atoms with van der Waals surface area (Å²) in [6.45, 7) is 3.76. The number of nitrogens with two attached hydrogens (primary N) is 1. The van der Waals surface area contributed by atoms with E-state index in [0.29, 0.717) is 25.1 Å². The van der Waals surface area contributed by atoms with Crippen molar-refractivity contribution in [3.05, 3.63) is 11.5 Å². The fourth-order valence-electron chi connectivity index (χ4n) is 2.46. The number of piperidine rings is 1. The standard InChI is InChI=1S/C11H18N4O4S/c1-7-10(8(2)19-14-7)20(17,18)15-5-3-4-9(6-15)11(12)13-16/h9,16H,3-6H2,1-2H3,(H2,12,13). The van der Waals surface area contributed by atoms with Gasteiger partial charge in [0.05, 0.1) is 0 Å². The molecule has 1 saturated heterocycles. The first-order valence-corrected chi connectivity index (χ1v) is 7.72. The summed E-state index contributed by atoms with van der Waals surface area (Å²) in [5.74, 6) is 0.0566. The molecular formula is C11H18N4O4S. The molecule has 1 aliphatic rings. The van der Waals surface area contributed by atoms with E-state index in [-0.39, 0.29) is 29.0 Å². The van der Waals surface area contributed by atoms with Crippen molar-refractivity contribution in [1.82, 2.24) is 9.46 Å². The second kappa shape index (κ2) is 5.41. The molecule has 1 aliphatic heterocycles. The highest BCUT2D eigenvalue weighted by Crippen LogP contribution is 2.27. The lowest BCUT2D eigenvalue weighted by Crippen LogP contribution is -2.44. The molecule has 0 spiro atoms. The van der Waals surface area contributed by atoms with Crippen LogP contribution < -0.4 is 5.73 Å². The number of aryl methyl sites for hydroxylation is 2. The Morgan fingerprint density at radius 1 is 1.55 bits per heavy atom. The van der Waals surface area contributed by atoms with E-state index in [1.165, 1.54) is 4.31 Å². The van der Waals surface area contributed by atoms with Crippen LogP contribution in [-0.2, 0) is 10.0 Å². The normalized spacial score (nSPS) is 22.1. The molecule has 2 heterocycles. The summed E-state index contributed by atoms with van der Waals surface area (Å²) in [6.07, 6.45) is 1.35. The van der Waals surface area contributed by atoms with Crippen molar-refractivity contribution < 1.29 is 18.1 Å². The Bertz CT molecular complexity index is 603. The summed E-state index contributed by atoms with van der Waals surface area (Å²) in [4.78, 5) is 0.109. The van der Waals surface area contributed by atoms with Crippen molar-refractivity contribution in [2.45, 2.75) is 31.6 Å². The van der Waals surface area contributed by atoms with Crippen LogP contribution in [0.5, 0.6) is 0 Å². The number of aromatic nitrogens is 1. The number of oxime groups is 1. The van der Waals surface area contributed by atoms with Crippen LogP contribution in [0.2, 0.25) is 0 Å². The van der Waals surface area contributed by atoms with Crippen molar-refractivity contribution in [2.24, 2.45) is 16.8 Å². The molecule has 1 unspecified atom stereocenters. The molecule has 0 saturated carbocycles. The SMILES string of the molecule is Cc1noc(C)c1S(=O)(=O)N1CCCC(C(N)=NO)C1. The molecule has 0 bridgehead atoms. The fraction of sp³-hybridized carbons (Fsp3) is 0.636. The van der Waals surface area contributed by atoms with E-state index < -0.39 is 10.0 Å². The molecule has 20 heavy (non-hydrogen) atoms. The van der Waals surface area contributed by atoms with Crippen molar-refractivity contribution in [1.29, 1.82) is 0 Å². The van der Waals surface area contributed by atoms with Gasteiger partial charge in [0.1, 0.15) is 16.4 Å². The summed E-state index contributed by atoms with van der Waals surface area (Å²) in [6, 6.07) is 0. The Balaban J connectivity index is 2.31. The van der Waals surface area contributed by atoms with E-state index in [9.17, 15) is 8.42 Å². The van der Waals surface area contributed by atoms with Gasteiger partial charge in [-0.25, -0.2) is 8.42 Å². The van der Waals surface area contributed by atoms with E-state index >= 15 is 0 Å². The lowest BCUT2D eigenvalue weighted by Gasteiger charge is -2.31. The van der Waals surface area contributed by atoms with Crippen molar-refractivity contribution >= 4 is 15.9 Å². The van der Waals surface area contributed by atoms with Gasteiger partial charge in [-0.1, -0.05) is 10.3 Å². The zero-order valence-corrected chi connectivity index (χ0v) is 12.2. The van der Waals surface area contributed by atoms with Crippen LogP contribution in [0.25, 0.3) is 0 Å². The third-order valence-electron chi connectivity index (χ3n) is 3.48. The molecule has 0 amide bonds. The summed E-state index contributed by atoms with van der Waals surface area (Å²) < 4.78 is 31.5. The van der Waals surface area contributed by atoms with E-state index in [4.69, 9.17) is 15.5 Å². The predicted octanol–water partition coefficient (Wildman–Crippen LogP) is 0.439. The molecular weight excluding hydrogens is 284 g/mol. The lowest BCUT2D eigenvalue weighted by molar-refractivity contribution is 0.287. The van der Waals surface area contributed by atoms with Crippen LogP contribution in [0.1, 0.15) is 24.3 Å². The molecule has 1 aromatic rings. The third kappa shape index (κ3) is 2.50. The number of hydrogen-bond acceptors (Lipinski definition) is 6. The fourth-order valence-corrected chi connectivity index (χ4v) is 4.27. The van der Waals surface area contributed by atoms with E-state index in [0.717, 1.165) is 0 Å². The third-order valence-corrected chi connectivity index (χ3v) is 5.59. The Hall–Kier alpha value is -1.61. The van der Waals surface area contributed by atoms with Gasteiger partial charge >= 0.3 is 0 Å². The van der Waals surface area contributed by atoms with Gasteiger partial charge in [0.2, 0.25) is 10.0 Å². The number of sulfonamides is 1. The molecule has 1 atom stereocenters. The zero-order chi connectivity index (χ0) is 14.9. The maximum Gasteiger partial charge on any atom is 0.248 e. The quantitative estimate of drug-likeness (QED) is 0.361. The van der Waals surface area contributed by atoms with Crippen LogP contribution in [-0.4, -0.2) is 42.0 Å². The number of amidine groups is 1. The largest absolute Gasteiger partial charge is 0.409 e. The maximum absolute atomic E-state index is 12.6. The van der Waals surface area contributed by atoms with Gasteiger partial charge < -0.3 is 15.5 Å². The van der Waals surface area contributed by atoms with E-state index in [2.05, 4.69) is 10.3 Å². The van der Waals surface area contributed by atoms with Crippen LogP contribution in [0.15, 0.2) is 14.6 Å². The van der Waals surface area contributed by atoms with E-state index in [1.807, 2.05) is 0 Å². The first kappa shape index (κ1) is 14.8. The summed E-state index contributed by atoms with van der Waals surface area (Å²) in [5.41, 5.74) is 5.92. The Kier molecular flexibility index (Phi) is 4.00. The molecule has 8 nitrogen and oxygen atoms in total. The van der Waals surface area contributed by atoms with Crippen molar-refractivity contribution in [3.8, 4) is 0 Å². The Labute approximate surface area is 117 Å². The molecule has 1 fully saturated rings. The van der Waals surface area contributed by atoms with Gasteiger partial charge in [-0.3, -0.25) is 0 Å². The van der Waals surface area contributed by atoms with Crippen molar-refractivity contribution in [3.63, 3.8) is 0 Å². The number of hydrogen-bond donors (Lipinski definition) is 2. The number of nitrogens with zero attached hydrogens (tertiary/aromatic N) is 3. The smallest absolute Gasteiger partial charge is 0.248 e. The van der Waals surface area contributed by atoms with Gasteiger partial charge in [-0.2, -0.15) is 4.31 Å². The van der Waals surface area contributed by atoms with Crippen LogP contribution in [0.4, 0.5) is 0 Å². The minimum Gasteiger partial charge on any atom is -0.409 e. The van der Waals surface area contributed by atoms with Gasteiger partial charge in [-0.05, 0) is 26.7 Å². The molecule has 9 heteroatoms. The van der Waals surface area contributed by atoms with Crippen LogP contribution in [0, 0.1) is 19.8 Å². The highest BCUT2D eigenvalue weighted by molar-refractivity contribution is 7.89. The molecule has 0 aliphatic carbocycles. The molecule has 3 N–H and O–H groups in total. The van der Waals surface area contributed by atoms with Crippen LogP contribution in [0.3, 0.4) is 0 Å². The molecule has 1 aromatic heterocycles. The topological polar surface area (TPSA) is 122 Å². The van der Waals surface area contributed by atoms with Gasteiger partial charge in [-0.15, -0.1) is 0 Å². The second-order valence-electron chi connectivity index (χ2n) is 4.88. The summed E-state index contributed by atoms with van der Waals surface area (Å²) >= 11 is 0. The van der Waals surface area contributed by atoms with Crippen LogP contribution >= 0.6 is 0 Å². The highest BCUT2D eigenvalue weighted by atomic mass is 32.2. The molecule has 2 rings (SSSR count). The lowest BCUT2D eigenvalue weighted by atomic mass is 9.99. The molecule has 0 radical (unpaired) electrons. The summed E-state index contributed by atoms with van der Waals surface area (Å²) in [7, 11) is -3.67. The zero-order valence-electron chi connectivity index (χ0n) is 11.4. The predicted molar refractivity (Wildman–Crippen MR) is 70.9 cm³/mol. The average molecular weight is 302 g/mol. The first-order valence-electron chi connectivity index (χ1n) is 6.28. The maximum atomic E-state index is 12.6. The molecule has 0 aromatic carbocycles. The van der Waals surface area contributed by atoms with Crippen molar-refractivity contribution in [2.75, 3.05) is 13.1 Å². The van der Waals surface area contributed by atoms with Gasteiger partial charge in [0.15, 0.2) is 5.76 Å². The molecule has 112 valence electrons.